The first-order chi connectivity index (χ1) is 8.58. The minimum absolute atomic E-state index is 0.138. The van der Waals surface area contributed by atoms with Gasteiger partial charge in [-0.3, -0.25) is 10.1 Å². The van der Waals surface area contributed by atoms with Crippen LogP contribution in [0.1, 0.15) is 25.3 Å². The van der Waals surface area contributed by atoms with E-state index in [2.05, 4.69) is 17.6 Å². The summed E-state index contributed by atoms with van der Waals surface area (Å²) < 4.78 is 0. The van der Waals surface area contributed by atoms with Crippen molar-refractivity contribution in [2.24, 2.45) is 0 Å². The number of aryl methyl sites for hydroxylation is 1. The van der Waals surface area contributed by atoms with Gasteiger partial charge < -0.3 is 10.6 Å². The Hall–Kier alpha value is -1.62. The van der Waals surface area contributed by atoms with Gasteiger partial charge in [0.05, 0.1) is 4.92 Å². The van der Waals surface area contributed by atoms with Crippen molar-refractivity contribution in [3.8, 4) is 0 Å². The second kappa shape index (κ2) is 5.35. The Morgan fingerprint density at radius 1 is 1.50 bits per heavy atom. The van der Waals surface area contributed by atoms with Gasteiger partial charge in [-0.05, 0) is 38.8 Å². The molecule has 1 aliphatic rings. The van der Waals surface area contributed by atoms with Crippen molar-refractivity contribution in [2.75, 3.05) is 11.9 Å². The van der Waals surface area contributed by atoms with Gasteiger partial charge in [-0.1, -0.05) is 6.07 Å². The van der Waals surface area contributed by atoms with E-state index in [4.69, 9.17) is 0 Å². The molecule has 2 rings (SSSR count). The van der Waals surface area contributed by atoms with Crippen molar-refractivity contribution in [3.63, 3.8) is 0 Å². The number of hydrogen-bond donors (Lipinski definition) is 2. The van der Waals surface area contributed by atoms with Crippen molar-refractivity contribution in [2.45, 2.75) is 38.8 Å². The molecule has 0 amide bonds. The number of anilines is 1. The Kier molecular flexibility index (Phi) is 3.81. The van der Waals surface area contributed by atoms with E-state index >= 15 is 0 Å². The van der Waals surface area contributed by atoms with Gasteiger partial charge in [0.25, 0.3) is 5.69 Å². The number of nitro benzene ring substituents is 1. The Morgan fingerprint density at radius 3 is 2.94 bits per heavy atom. The molecule has 1 heterocycles. The molecule has 0 aromatic heterocycles. The zero-order valence-corrected chi connectivity index (χ0v) is 10.8. The van der Waals surface area contributed by atoms with Gasteiger partial charge in [-0.2, -0.15) is 0 Å². The molecule has 2 atom stereocenters. The largest absolute Gasteiger partial charge is 0.380 e. The Morgan fingerprint density at radius 2 is 2.28 bits per heavy atom. The minimum Gasteiger partial charge on any atom is -0.380 e. The summed E-state index contributed by atoms with van der Waals surface area (Å²) in [7, 11) is 0. The van der Waals surface area contributed by atoms with E-state index in [1.165, 1.54) is 0 Å². The van der Waals surface area contributed by atoms with Gasteiger partial charge >= 0.3 is 0 Å². The quantitative estimate of drug-likeness (QED) is 0.638. The lowest BCUT2D eigenvalue weighted by Gasteiger charge is -2.31. The molecule has 0 aliphatic carbocycles. The summed E-state index contributed by atoms with van der Waals surface area (Å²) in [6.45, 7) is 5.16. The number of benzene rings is 1. The lowest BCUT2D eigenvalue weighted by Crippen LogP contribution is -2.46. The van der Waals surface area contributed by atoms with Crippen LogP contribution < -0.4 is 10.6 Å². The van der Waals surface area contributed by atoms with E-state index in [0.717, 1.165) is 30.6 Å². The van der Waals surface area contributed by atoms with Gasteiger partial charge in [0.15, 0.2) is 0 Å². The molecule has 1 saturated heterocycles. The fraction of sp³-hybridized carbons (Fsp3) is 0.538. The van der Waals surface area contributed by atoms with E-state index in [0.29, 0.717) is 12.1 Å². The fourth-order valence-electron chi connectivity index (χ4n) is 2.32. The van der Waals surface area contributed by atoms with E-state index in [-0.39, 0.29) is 10.6 Å². The lowest BCUT2D eigenvalue weighted by molar-refractivity contribution is -0.384. The lowest BCUT2D eigenvalue weighted by atomic mass is 9.99. The van der Waals surface area contributed by atoms with Gasteiger partial charge in [0, 0.05) is 29.9 Å². The molecule has 5 nitrogen and oxygen atoms in total. The van der Waals surface area contributed by atoms with Crippen LogP contribution in [0.5, 0.6) is 0 Å². The third-order valence-corrected chi connectivity index (χ3v) is 3.53. The highest BCUT2D eigenvalue weighted by atomic mass is 16.6. The second-order valence-electron chi connectivity index (χ2n) is 4.89. The number of non-ortho nitro benzene ring substituents is 1. The second-order valence-corrected chi connectivity index (χ2v) is 4.89. The zero-order chi connectivity index (χ0) is 13.1. The van der Waals surface area contributed by atoms with Crippen LogP contribution >= 0.6 is 0 Å². The number of rotatable bonds is 3. The maximum atomic E-state index is 10.8. The van der Waals surface area contributed by atoms with Crippen molar-refractivity contribution < 1.29 is 4.92 Å². The molecule has 1 aromatic carbocycles. The van der Waals surface area contributed by atoms with Crippen LogP contribution in [0, 0.1) is 17.0 Å². The van der Waals surface area contributed by atoms with Gasteiger partial charge in [0.1, 0.15) is 0 Å². The molecule has 2 unspecified atom stereocenters. The molecule has 1 aliphatic heterocycles. The summed E-state index contributed by atoms with van der Waals surface area (Å²) >= 11 is 0. The Balaban J connectivity index is 2.17. The normalized spacial score (nSPS) is 23.7. The zero-order valence-electron chi connectivity index (χ0n) is 10.8. The first-order valence-corrected chi connectivity index (χ1v) is 6.33. The van der Waals surface area contributed by atoms with Crippen molar-refractivity contribution >= 4 is 11.4 Å². The maximum Gasteiger partial charge on any atom is 0.271 e. The van der Waals surface area contributed by atoms with Crippen LogP contribution in [-0.2, 0) is 0 Å². The molecule has 18 heavy (non-hydrogen) atoms. The van der Waals surface area contributed by atoms with Crippen LogP contribution in [0.2, 0.25) is 0 Å². The Labute approximate surface area is 107 Å². The number of nitrogens with zero attached hydrogens (tertiary/aromatic N) is 1. The predicted molar refractivity (Wildman–Crippen MR) is 71.9 cm³/mol. The van der Waals surface area contributed by atoms with Crippen LogP contribution in [0.4, 0.5) is 11.4 Å². The molecule has 0 saturated carbocycles. The molecule has 1 aromatic rings. The fourth-order valence-corrected chi connectivity index (χ4v) is 2.32. The number of hydrogen-bond acceptors (Lipinski definition) is 4. The topological polar surface area (TPSA) is 67.2 Å². The smallest absolute Gasteiger partial charge is 0.271 e. The molecule has 2 N–H and O–H groups in total. The van der Waals surface area contributed by atoms with E-state index in [9.17, 15) is 10.1 Å². The highest BCUT2D eigenvalue weighted by Gasteiger charge is 2.21. The molecule has 98 valence electrons. The minimum atomic E-state index is -0.354. The molecule has 0 bridgehead atoms. The number of nitro groups is 1. The standard InChI is InChI=1S/C13H19N3O2/c1-9-5-6-11(16(17)18)8-13(9)15-12-4-3-7-14-10(12)2/h5-6,8,10,12,14-15H,3-4,7H2,1-2H3. The molecule has 5 heteroatoms. The summed E-state index contributed by atoms with van der Waals surface area (Å²) in [6, 6.07) is 5.68. The summed E-state index contributed by atoms with van der Waals surface area (Å²) in [5.41, 5.74) is 2.04. The van der Waals surface area contributed by atoms with Crippen molar-refractivity contribution in [1.82, 2.24) is 5.32 Å². The van der Waals surface area contributed by atoms with Crippen molar-refractivity contribution in [1.29, 1.82) is 0 Å². The summed E-state index contributed by atoms with van der Waals surface area (Å²) in [5.74, 6) is 0. The molecule has 1 fully saturated rings. The molecule has 0 radical (unpaired) electrons. The third-order valence-electron chi connectivity index (χ3n) is 3.53. The maximum absolute atomic E-state index is 10.8. The van der Waals surface area contributed by atoms with E-state index < -0.39 is 0 Å². The molecular formula is C13H19N3O2. The van der Waals surface area contributed by atoms with Gasteiger partial charge in [0.2, 0.25) is 0 Å². The summed E-state index contributed by atoms with van der Waals surface area (Å²) in [6.07, 6.45) is 2.23. The van der Waals surface area contributed by atoms with Crippen molar-refractivity contribution in [3.05, 3.63) is 33.9 Å². The highest BCUT2D eigenvalue weighted by Crippen LogP contribution is 2.24. The van der Waals surface area contributed by atoms with Crippen LogP contribution in [-0.4, -0.2) is 23.6 Å². The first-order valence-electron chi connectivity index (χ1n) is 6.33. The monoisotopic (exact) mass is 249 g/mol. The Bertz CT molecular complexity index is 448. The van der Waals surface area contributed by atoms with Crippen LogP contribution in [0.25, 0.3) is 0 Å². The van der Waals surface area contributed by atoms with Crippen LogP contribution in [0.3, 0.4) is 0 Å². The number of nitrogens with one attached hydrogen (secondary N) is 2. The SMILES string of the molecule is Cc1ccc([N+](=O)[O-])cc1NC1CCCNC1C. The van der Waals surface area contributed by atoms with Gasteiger partial charge in [-0.15, -0.1) is 0 Å². The predicted octanol–water partition coefficient (Wildman–Crippen LogP) is 2.46. The molecule has 0 spiro atoms. The first kappa shape index (κ1) is 12.8. The van der Waals surface area contributed by atoms with Gasteiger partial charge in [-0.25, -0.2) is 0 Å². The third kappa shape index (κ3) is 2.79. The summed E-state index contributed by atoms with van der Waals surface area (Å²) in [5, 5.41) is 17.6. The van der Waals surface area contributed by atoms with E-state index in [1.807, 2.05) is 6.92 Å². The molecular weight excluding hydrogens is 230 g/mol. The number of piperidine rings is 1. The van der Waals surface area contributed by atoms with E-state index in [1.54, 1.807) is 18.2 Å². The van der Waals surface area contributed by atoms with Crippen LogP contribution in [0.15, 0.2) is 18.2 Å². The average molecular weight is 249 g/mol. The highest BCUT2D eigenvalue weighted by molar-refractivity contribution is 5.57. The summed E-state index contributed by atoms with van der Waals surface area (Å²) in [4.78, 5) is 10.4. The average Bonchev–Trinajstić information content (AvgIpc) is 2.34.